The molecular formula is C18H34BN4O7. The zero-order valence-corrected chi connectivity index (χ0v) is 17.7. The number of carbonyl (C=O) groups excluding carboxylic acids is 1. The molecule has 0 rings (SSSR count). The Labute approximate surface area is 178 Å². The monoisotopic (exact) mass is 429 g/mol. The van der Waals surface area contributed by atoms with Gasteiger partial charge >= 0.3 is 17.9 Å². The van der Waals surface area contributed by atoms with E-state index < -0.39 is 17.9 Å². The van der Waals surface area contributed by atoms with Crippen molar-refractivity contribution in [3.63, 3.8) is 0 Å². The molecule has 0 unspecified atom stereocenters. The van der Waals surface area contributed by atoms with E-state index in [2.05, 4.69) is 0 Å². The normalized spacial score (nSPS) is 11.2. The molecule has 0 aliphatic rings. The van der Waals surface area contributed by atoms with Gasteiger partial charge in [-0.25, -0.2) is 0 Å². The van der Waals surface area contributed by atoms with Crippen LogP contribution < -0.4 is 5.73 Å². The van der Waals surface area contributed by atoms with Gasteiger partial charge in [-0.2, -0.15) is 0 Å². The Morgan fingerprint density at radius 1 is 0.700 bits per heavy atom. The summed E-state index contributed by atoms with van der Waals surface area (Å²) in [6.07, 6.45) is 1.06. The van der Waals surface area contributed by atoms with Crippen molar-refractivity contribution < 1.29 is 34.5 Å². The molecule has 0 amide bonds. The summed E-state index contributed by atoms with van der Waals surface area (Å²) in [6.45, 7) is 4.33. The Hall–Kier alpha value is -2.02. The maximum atomic E-state index is 11.9. The molecule has 0 aliphatic heterocycles. The topological polar surface area (TPSA) is 165 Å². The second-order valence-electron chi connectivity index (χ2n) is 7.01. The van der Waals surface area contributed by atoms with Crippen LogP contribution in [0.15, 0.2) is 0 Å². The lowest BCUT2D eigenvalue weighted by Gasteiger charge is -2.28. The number of nitrogens with two attached hydrogens (primary N) is 1. The van der Waals surface area contributed by atoms with Crippen molar-refractivity contribution in [3.8, 4) is 0 Å². The van der Waals surface area contributed by atoms with Crippen LogP contribution in [0.4, 0.5) is 0 Å². The van der Waals surface area contributed by atoms with Crippen molar-refractivity contribution in [2.24, 2.45) is 5.73 Å². The fourth-order valence-electron chi connectivity index (χ4n) is 2.86. The molecule has 0 spiro atoms. The van der Waals surface area contributed by atoms with Gasteiger partial charge in [0.1, 0.15) is 0 Å². The highest BCUT2D eigenvalue weighted by Crippen LogP contribution is 2.01. The highest BCUT2D eigenvalue weighted by atomic mass is 16.4. The van der Waals surface area contributed by atoms with Crippen LogP contribution in [0.25, 0.3) is 0 Å². The molecule has 0 aromatic carbocycles. The fourth-order valence-corrected chi connectivity index (χ4v) is 2.86. The molecule has 0 saturated heterocycles. The molecular weight excluding hydrogens is 395 g/mol. The number of rotatable bonds is 20. The third kappa shape index (κ3) is 15.9. The lowest BCUT2D eigenvalue weighted by Crippen LogP contribution is -2.45. The minimum Gasteiger partial charge on any atom is -0.481 e. The van der Waals surface area contributed by atoms with Crippen LogP contribution in [0.5, 0.6) is 0 Å². The minimum absolute atomic E-state index is 0.0361. The van der Waals surface area contributed by atoms with Crippen molar-refractivity contribution in [3.05, 3.63) is 0 Å². The van der Waals surface area contributed by atoms with Crippen molar-refractivity contribution in [2.45, 2.75) is 26.1 Å². The highest BCUT2D eigenvalue weighted by molar-refractivity contribution is 6.73. The number of hydrogen-bond donors (Lipinski definition) is 4. The summed E-state index contributed by atoms with van der Waals surface area (Å²) < 4.78 is 0. The third-order valence-electron chi connectivity index (χ3n) is 4.44. The average molecular weight is 429 g/mol. The molecule has 0 fully saturated rings. The quantitative estimate of drug-likeness (QED) is 0.132. The lowest BCUT2D eigenvalue weighted by atomic mass is 9.76. The van der Waals surface area contributed by atoms with E-state index in [4.69, 9.17) is 21.1 Å². The zero-order valence-electron chi connectivity index (χ0n) is 17.7. The average Bonchev–Trinajstić information content (AvgIpc) is 2.65. The smallest absolute Gasteiger partial charge is 0.317 e. The maximum Gasteiger partial charge on any atom is 0.317 e. The van der Waals surface area contributed by atoms with Crippen LogP contribution in [0.1, 0.15) is 19.3 Å². The fraction of sp³-hybridized carbons (Fsp3) is 0.778. The van der Waals surface area contributed by atoms with Gasteiger partial charge in [0.25, 0.3) is 0 Å². The van der Waals surface area contributed by atoms with Crippen molar-refractivity contribution in [2.75, 3.05) is 65.4 Å². The Kier molecular flexibility index (Phi) is 15.6. The molecule has 30 heavy (non-hydrogen) atoms. The number of carbonyl (C=O) groups is 4. The van der Waals surface area contributed by atoms with E-state index in [9.17, 15) is 19.2 Å². The van der Waals surface area contributed by atoms with Gasteiger partial charge in [-0.1, -0.05) is 6.82 Å². The Morgan fingerprint density at radius 3 is 1.57 bits per heavy atom. The number of aliphatic carboxylic acids is 3. The van der Waals surface area contributed by atoms with Crippen molar-refractivity contribution in [1.29, 1.82) is 0 Å². The van der Waals surface area contributed by atoms with E-state index in [0.29, 0.717) is 58.7 Å². The van der Waals surface area contributed by atoms with Crippen LogP contribution >= 0.6 is 0 Å². The molecule has 0 aromatic rings. The van der Waals surface area contributed by atoms with Gasteiger partial charge < -0.3 is 25.8 Å². The number of unbranched alkanes of at least 4 members (excludes halogenated alkanes) is 1. The molecule has 0 atom stereocenters. The van der Waals surface area contributed by atoms with Gasteiger partial charge in [-0.15, -0.1) is 0 Å². The molecule has 0 aliphatic carbocycles. The van der Waals surface area contributed by atoms with E-state index in [1.807, 2.05) is 4.90 Å². The van der Waals surface area contributed by atoms with Gasteiger partial charge in [-0.3, -0.25) is 29.1 Å². The molecule has 0 bridgehead atoms. The zero-order chi connectivity index (χ0) is 22.9. The first-order chi connectivity index (χ1) is 14.2. The van der Waals surface area contributed by atoms with E-state index in [-0.39, 0.29) is 31.7 Å². The van der Waals surface area contributed by atoms with Crippen LogP contribution in [-0.2, 0) is 19.2 Å². The third-order valence-corrected chi connectivity index (χ3v) is 4.44. The molecule has 0 heterocycles. The molecule has 171 valence electrons. The van der Waals surface area contributed by atoms with Gasteiger partial charge in [0.2, 0.25) is 7.28 Å². The summed E-state index contributed by atoms with van der Waals surface area (Å²) in [5.74, 6) is -2.82. The summed E-state index contributed by atoms with van der Waals surface area (Å²) in [5, 5.41) is 26.8. The first-order valence-corrected chi connectivity index (χ1v) is 10.0. The lowest BCUT2D eigenvalue weighted by molar-refractivity contribution is -0.139. The summed E-state index contributed by atoms with van der Waals surface area (Å²) in [7, 11) is 1.46. The Morgan fingerprint density at radius 2 is 1.17 bits per heavy atom. The van der Waals surface area contributed by atoms with Crippen LogP contribution in [0, 0.1) is 0 Å². The van der Waals surface area contributed by atoms with Gasteiger partial charge in [-0.05, 0) is 19.4 Å². The molecule has 0 aromatic heterocycles. The molecule has 5 N–H and O–H groups in total. The van der Waals surface area contributed by atoms with Crippen LogP contribution in [-0.4, -0.2) is 126 Å². The maximum absolute atomic E-state index is 11.9. The molecule has 1 radical (unpaired) electrons. The SMILES string of the molecule is C[B]C(=O)CN(CCN(CCN)CC(=O)O)CCN(CCCCC(=O)O)CC(=O)O. The molecule has 11 nitrogen and oxygen atoms in total. The van der Waals surface area contributed by atoms with E-state index in [1.54, 1.807) is 16.6 Å². The number of carboxylic acids is 3. The van der Waals surface area contributed by atoms with Gasteiger partial charge in [0.05, 0.1) is 18.8 Å². The van der Waals surface area contributed by atoms with Gasteiger partial charge in [0, 0.05) is 52.2 Å². The van der Waals surface area contributed by atoms with E-state index in [0.717, 1.165) is 0 Å². The van der Waals surface area contributed by atoms with Crippen LogP contribution in [0.2, 0.25) is 6.82 Å². The Bertz CT molecular complexity index is 551. The van der Waals surface area contributed by atoms with E-state index in [1.165, 1.54) is 7.28 Å². The van der Waals surface area contributed by atoms with Gasteiger partial charge in [0.15, 0.2) is 0 Å². The summed E-state index contributed by atoms with van der Waals surface area (Å²) in [5.41, 5.74) is 5.45. The molecule has 12 heteroatoms. The van der Waals surface area contributed by atoms with Crippen LogP contribution in [0.3, 0.4) is 0 Å². The van der Waals surface area contributed by atoms with Crippen molar-refractivity contribution >= 4 is 30.9 Å². The first kappa shape index (κ1) is 28.0. The summed E-state index contributed by atoms with van der Waals surface area (Å²) >= 11 is 0. The second kappa shape index (κ2) is 16.7. The summed E-state index contributed by atoms with van der Waals surface area (Å²) in [4.78, 5) is 49.9. The molecule has 0 saturated carbocycles. The summed E-state index contributed by atoms with van der Waals surface area (Å²) in [6, 6.07) is 0. The predicted octanol–water partition coefficient (Wildman–Crippen LogP) is -1.45. The largest absolute Gasteiger partial charge is 0.481 e. The predicted molar refractivity (Wildman–Crippen MR) is 112 cm³/mol. The number of carboxylic acid groups (broad SMARTS) is 3. The number of nitrogens with zero attached hydrogens (tertiary/aromatic N) is 3. The first-order valence-electron chi connectivity index (χ1n) is 10.0. The second-order valence-corrected chi connectivity index (χ2v) is 7.01. The van der Waals surface area contributed by atoms with E-state index >= 15 is 0 Å². The van der Waals surface area contributed by atoms with Crippen molar-refractivity contribution in [1.82, 2.24) is 14.7 Å². The highest BCUT2D eigenvalue weighted by Gasteiger charge is 2.16. The Balaban J connectivity index is 4.82. The minimum atomic E-state index is -0.978. The standard InChI is InChI=1S/C18H34BN4O7/c1-19-15(24)12-23(11-9-22(7-5-20)14-18(29)30)10-8-21(13-17(27)28)6-3-2-4-16(25)26/h2-14,20H2,1H3,(H,25,26)(H,27,28)(H,29,30). The number of hydrogen-bond acceptors (Lipinski definition) is 8.